The van der Waals surface area contributed by atoms with Crippen molar-refractivity contribution < 1.29 is 20.1 Å². The molecule has 2 heterocycles. The number of aryl methyl sites for hydroxylation is 1. The number of aromatic hydroxyl groups is 2. The van der Waals surface area contributed by atoms with Gasteiger partial charge in [-0.15, -0.1) is 0 Å². The maximum absolute atomic E-state index is 11.7. The predicted octanol–water partition coefficient (Wildman–Crippen LogP) is 5.83. The Balaban J connectivity index is 1.00. The number of pyridine rings is 1. The van der Waals surface area contributed by atoms with E-state index in [0.29, 0.717) is 41.9 Å². The van der Waals surface area contributed by atoms with Crippen molar-refractivity contribution in [3.8, 4) is 17.2 Å². The van der Waals surface area contributed by atoms with Gasteiger partial charge in [0.15, 0.2) is 0 Å². The van der Waals surface area contributed by atoms with Gasteiger partial charge in [0.05, 0.1) is 18.2 Å². The van der Waals surface area contributed by atoms with Crippen molar-refractivity contribution in [1.82, 2.24) is 15.2 Å². The molecule has 0 aliphatic carbocycles. The molecule has 1 atom stereocenters. The van der Waals surface area contributed by atoms with Crippen molar-refractivity contribution >= 4 is 10.9 Å². The third kappa shape index (κ3) is 7.57. The highest BCUT2D eigenvalue weighted by atomic mass is 16.5. The quantitative estimate of drug-likeness (QED) is 0.102. The summed E-state index contributed by atoms with van der Waals surface area (Å²) in [5, 5.41) is 35.9. The highest BCUT2D eigenvalue weighted by Crippen LogP contribution is 2.45. The van der Waals surface area contributed by atoms with E-state index >= 15 is 0 Å². The van der Waals surface area contributed by atoms with Crippen LogP contribution in [0.1, 0.15) is 53.2 Å². The Bertz CT molecular complexity index is 1880. The molecule has 1 aliphatic rings. The van der Waals surface area contributed by atoms with E-state index in [1.54, 1.807) is 12.1 Å². The Labute approximate surface area is 281 Å². The molecule has 48 heavy (non-hydrogen) atoms. The number of hydrogen-bond acceptors (Lipinski definition) is 7. The first-order valence-corrected chi connectivity index (χ1v) is 16.8. The standard InChI is InChI=1S/C40H45N3O5/c1-43-22-19-40(20-23-43,30-9-3-2-4-10-30)34-26-28(12-15-35(34)44)8-6-24-48-31-11-5-7-29(25-31)18-21-41-27-37(46)32-13-16-36(45)39-33(32)14-17-38(47)42-39/h2-5,7,9-17,25-26,37,41,44-46H,6,8,18-24,27H2,1H3,(H,42,47)/t37-/m0/s1. The number of benzene rings is 4. The zero-order valence-corrected chi connectivity index (χ0v) is 27.5. The van der Waals surface area contributed by atoms with E-state index in [1.807, 2.05) is 24.3 Å². The van der Waals surface area contributed by atoms with Crippen LogP contribution in [0.5, 0.6) is 17.2 Å². The minimum Gasteiger partial charge on any atom is -0.508 e. The zero-order chi connectivity index (χ0) is 33.5. The summed E-state index contributed by atoms with van der Waals surface area (Å²) >= 11 is 0. The second-order valence-electron chi connectivity index (χ2n) is 13.0. The van der Waals surface area contributed by atoms with Gasteiger partial charge in [-0.25, -0.2) is 0 Å². The second kappa shape index (κ2) is 15.1. The molecule has 8 heteroatoms. The van der Waals surface area contributed by atoms with Crippen LogP contribution < -0.4 is 15.6 Å². The van der Waals surface area contributed by atoms with Gasteiger partial charge in [-0.2, -0.15) is 0 Å². The van der Waals surface area contributed by atoms with Crippen LogP contribution in [0.3, 0.4) is 0 Å². The number of phenols is 2. The van der Waals surface area contributed by atoms with Crippen LogP contribution in [0.2, 0.25) is 0 Å². The maximum Gasteiger partial charge on any atom is 0.248 e. The lowest BCUT2D eigenvalue weighted by Gasteiger charge is -2.42. The van der Waals surface area contributed by atoms with E-state index in [2.05, 4.69) is 70.8 Å². The highest BCUT2D eigenvalue weighted by Gasteiger charge is 2.39. The molecule has 0 radical (unpaired) electrons. The van der Waals surface area contributed by atoms with Gasteiger partial charge in [0.1, 0.15) is 17.2 Å². The minimum absolute atomic E-state index is 0.0250. The van der Waals surface area contributed by atoms with E-state index < -0.39 is 6.10 Å². The first kappa shape index (κ1) is 33.3. The Hall–Kier alpha value is -4.63. The third-order valence-corrected chi connectivity index (χ3v) is 9.71. The highest BCUT2D eigenvalue weighted by molar-refractivity contribution is 5.87. The van der Waals surface area contributed by atoms with Crippen LogP contribution in [-0.4, -0.2) is 65.0 Å². The lowest BCUT2D eigenvalue weighted by atomic mass is 9.67. The third-order valence-electron chi connectivity index (χ3n) is 9.71. The Kier molecular flexibility index (Phi) is 10.4. The van der Waals surface area contributed by atoms with Gasteiger partial charge in [0.25, 0.3) is 0 Å². The molecule has 5 aromatic rings. The molecule has 250 valence electrons. The number of aromatic amines is 1. The first-order chi connectivity index (χ1) is 23.3. The number of H-pyrrole nitrogens is 1. The van der Waals surface area contributed by atoms with Gasteiger partial charge in [-0.1, -0.05) is 60.7 Å². The summed E-state index contributed by atoms with van der Waals surface area (Å²) < 4.78 is 6.14. The Morgan fingerprint density at radius 3 is 2.46 bits per heavy atom. The summed E-state index contributed by atoms with van der Waals surface area (Å²) in [6.45, 7) is 3.56. The number of phenolic OH excluding ortho intramolecular Hbond substituents is 2. The summed E-state index contributed by atoms with van der Waals surface area (Å²) in [7, 11) is 2.16. The van der Waals surface area contributed by atoms with Crippen molar-refractivity contribution in [3.63, 3.8) is 0 Å². The molecule has 0 bridgehead atoms. The number of aliphatic hydroxyl groups is 1. The Morgan fingerprint density at radius 1 is 0.875 bits per heavy atom. The fourth-order valence-corrected chi connectivity index (χ4v) is 6.98. The summed E-state index contributed by atoms with van der Waals surface area (Å²) in [6.07, 6.45) is 3.62. The number of nitrogens with zero attached hydrogens (tertiary/aromatic N) is 1. The largest absolute Gasteiger partial charge is 0.508 e. The molecule has 5 N–H and O–H groups in total. The van der Waals surface area contributed by atoms with E-state index in [1.165, 1.54) is 23.3 Å². The molecule has 0 spiro atoms. The van der Waals surface area contributed by atoms with E-state index in [0.717, 1.165) is 62.1 Å². The molecule has 0 unspecified atom stereocenters. The minimum atomic E-state index is -0.799. The lowest BCUT2D eigenvalue weighted by molar-refractivity contribution is 0.176. The van der Waals surface area contributed by atoms with Crippen LogP contribution in [-0.2, 0) is 18.3 Å². The molecule has 1 fully saturated rings. The fraction of sp³-hybridized carbons (Fsp3) is 0.325. The summed E-state index contributed by atoms with van der Waals surface area (Å²) in [6, 6.07) is 31.0. The Morgan fingerprint density at radius 2 is 1.65 bits per heavy atom. The van der Waals surface area contributed by atoms with Crippen molar-refractivity contribution in [1.29, 1.82) is 0 Å². The smallest absolute Gasteiger partial charge is 0.248 e. The molecule has 0 amide bonds. The van der Waals surface area contributed by atoms with Crippen molar-refractivity contribution in [2.75, 3.05) is 39.8 Å². The van der Waals surface area contributed by atoms with E-state index in [-0.39, 0.29) is 16.7 Å². The fourth-order valence-electron chi connectivity index (χ4n) is 6.98. The number of piperidine rings is 1. The molecule has 1 aromatic heterocycles. The van der Waals surface area contributed by atoms with E-state index in [4.69, 9.17) is 4.74 Å². The zero-order valence-electron chi connectivity index (χ0n) is 27.5. The average Bonchev–Trinajstić information content (AvgIpc) is 3.11. The molecule has 8 nitrogen and oxygen atoms in total. The van der Waals surface area contributed by atoms with Crippen LogP contribution >= 0.6 is 0 Å². The van der Waals surface area contributed by atoms with Gasteiger partial charge in [-0.3, -0.25) is 4.79 Å². The SMILES string of the molecule is CN1CCC(c2ccccc2)(c2cc(CCCOc3cccc(CCNC[C@H](O)c4ccc(O)c5[nH]c(=O)ccc45)c3)ccc2O)CC1. The van der Waals surface area contributed by atoms with Gasteiger partial charge < -0.3 is 35.3 Å². The van der Waals surface area contributed by atoms with Gasteiger partial charge in [0, 0.05) is 29.0 Å². The molecule has 4 aromatic carbocycles. The number of hydrogen-bond donors (Lipinski definition) is 5. The number of aromatic nitrogens is 1. The van der Waals surface area contributed by atoms with Crippen molar-refractivity contribution in [2.45, 2.75) is 43.6 Å². The van der Waals surface area contributed by atoms with Crippen molar-refractivity contribution in [3.05, 3.63) is 135 Å². The summed E-state index contributed by atoms with van der Waals surface area (Å²) in [5.41, 5.74) is 5.10. The first-order valence-electron chi connectivity index (χ1n) is 16.8. The van der Waals surface area contributed by atoms with Crippen LogP contribution in [0.25, 0.3) is 10.9 Å². The number of aliphatic hydroxyl groups excluding tert-OH is 1. The normalized spacial score (nSPS) is 15.4. The second-order valence-corrected chi connectivity index (χ2v) is 13.0. The molecular weight excluding hydrogens is 602 g/mol. The van der Waals surface area contributed by atoms with Crippen LogP contribution in [0.4, 0.5) is 0 Å². The molecule has 6 rings (SSSR count). The predicted molar refractivity (Wildman–Crippen MR) is 190 cm³/mol. The van der Waals surface area contributed by atoms with Crippen LogP contribution in [0, 0.1) is 0 Å². The number of ether oxygens (including phenoxy) is 1. The number of rotatable bonds is 13. The number of likely N-dealkylation sites (tertiary alicyclic amines) is 1. The summed E-state index contributed by atoms with van der Waals surface area (Å²) in [5.74, 6) is 1.18. The molecule has 1 aliphatic heterocycles. The van der Waals surface area contributed by atoms with Gasteiger partial charge in [0.2, 0.25) is 5.56 Å². The van der Waals surface area contributed by atoms with Crippen LogP contribution in [0.15, 0.2) is 102 Å². The number of fused-ring (bicyclic) bond motifs is 1. The van der Waals surface area contributed by atoms with Crippen molar-refractivity contribution in [2.24, 2.45) is 0 Å². The number of nitrogens with one attached hydrogen (secondary N) is 2. The molecule has 0 saturated carbocycles. The summed E-state index contributed by atoms with van der Waals surface area (Å²) in [4.78, 5) is 16.7. The lowest BCUT2D eigenvalue weighted by Crippen LogP contribution is -2.41. The van der Waals surface area contributed by atoms with Gasteiger partial charge in [-0.05, 0) is 111 Å². The maximum atomic E-state index is 11.7. The average molecular weight is 648 g/mol. The monoisotopic (exact) mass is 647 g/mol. The molecule has 1 saturated heterocycles. The van der Waals surface area contributed by atoms with Gasteiger partial charge >= 0.3 is 0 Å². The topological polar surface area (TPSA) is 118 Å². The molecular formula is C40H45N3O5. The van der Waals surface area contributed by atoms with E-state index in [9.17, 15) is 20.1 Å².